The molecule has 1 aromatic heterocycles. The molecule has 0 spiro atoms. The van der Waals surface area contributed by atoms with Crippen LogP contribution >= 0.6 is 0 Å². The number of nitrogens with zero attached hydrogens (tertiary/aromatic N) is 2. The van der Waals surface area contributed by atoms with E-state index in [2.05, 4.69) is 5.32 Å². The maximum absolute atomic E-state index is 12.5. The first-order valence-corrected chi connectivity index (χ1v) is 10.3. The molecule has 0 unspecified atom stereocenters. The molecule has 0 aliphatic carbocycles. The zero-order chi connectivity index (χ0) is 19.6. The Balaban J connectivity index is 1.70. The molecule has 0 bridgehead atoms. The van der Waals surface area contributed by atoms with Gasteiger partial charge in [-0.15, -0.1) is 0 Å². The van der Waals surface area contributed by atoms with E-state index < -0.39 is 10.0 Å². The Morgan fingerprint density at radius 2 is 1.59 bits per heavy atom. The Bertz CT molecular complexity index is 978. The van der Waals surface area contributed by atoms with Gasteiger partial charge in [0.1, 0.15) is 6.54 Å². The molecule has 144 valence electrons. The number of hydrogen-bond acceptors (Lipinski definition) is 4. The van der Waals surface area contributed by atoms with E-state index in [1.165, 1.54) is 28.6 Å². The third-order valence-electron chi connectivity index (χ3n) is 4.70. The molecule has 1 fully saturated rings. The van der Waals surface area contributed by atoms with Crippen LogP contribution in [0.25, 0.3) is 0 Å². The van der Waals surface area contributed by atoms with Crippen molar-refractivity contribution in [3.8, 4) is 0 Å². The van der Waals surface area contributed by atoms with E-state index >= 15 is 0 Å². The summed E-state index contributed by atoms with van der Waals surface area (Å²) in [6.07, 6.45) is 1.77. The molecule has 0 radical (unpaired) electrons. The van der Waals surface area contributed by atoms with Crippen molar-refractivity contribution in [2.75, 3.05) is 18.4 Å². The highest BCUT2D eigenvalue weighted by atomic mass is 32.2. The van der Waals surface area contributed by atoms with Gasteiger partial charge in [0.15, 0.2) is 5.43 Å². The highest BCUT2D eigenvalue weighted by Crippen LogP contribution is 2.22. The molecule has 0 atom stereocenters. The van der Waals surface area contributed by atoms with E-state index in [0.29, 0.717) is 30.2 Å². The number of carbonyl (C=O) groups is 1. The standard InChI is InChI=1S/C19H23N3O4S/c1-14-11-17(23)12-15(2)22(14)13-19(24)20-16-5-7-18(8-6-16)27(25,26)21-9-3-4-10-21/h5-8,11-12H,3-4,9-10,13H2,1-2H3,(H,20,24). The molecule has 0 saturated carbocycles. The number of carbonyl (C=O) groups excluding carboxylic acids is 1. The number of pyridine rings is 1. The fourth-order valence-electron chi connectivity index (χ4n) is 3.27. The zero-order valence-electron chi connectivity index (χ0n) is 15.4. The number of aryl methyl sites for hydroxylation is 2. The number of amides is 1. The number of aromatic nitrogens is 1. The second-order valence-electron chi connectivity index (χ2n) is 6.74. The molecular weight excluding hydrogens is 366 g/mol. The Hall–Kier alpha value is -2.45. The van der Waals surface area contributed by atoms with Crippen molar-refractivity contribution in [1.29, 1.82) is 0 Å². The van der Waals surface area contributed by atoms with Gasteiger partial charge in [0.05, 0.1) is 4.90 Å². The van der Waals surface area contributed by atoms with Crippen molar-refractivity contribution in [1.82, 2.24) is 8.87 Å². The van der Waals surface area contributed by atoms with Gasteiger partial charge in [-0.25, -0.2) is 8.42 Å². The summed E-state index contributed by atoms with van der Waals surface area (Å²) >= 11 is 0. The van der Waals surface area contributed by atoms with Gasteiger partial charge in [0, 0.05) is 42.3 Å². The monoisotopic (exact) mass is 389 g/mol. The maximum Gasteiger partial charge on any atom is 0.244 e. The molecule has 8 heteroatoms. The molecule has 3 rings (SSSR count). The van der Waals surface area contributed by atoms with Crippen LogP contribution in [0.3, 0.4) is 0 Å². The van der Waals surface area contributed by atoms with Gasteiger partial charge in [0.25, 0.3) is 0 Å². The largest absolute Gasteiger partial charge is 0.340 e. The van der Waals surface area contributed by atoms with E-state index in [1.807, 2.05) is 0 Å². The second kappa shape index (κ2) is 7.66. The van der Waals surface area contributed by atoms with Crippen LogP contribution < -0.4 is 10.7 Å². The molecule has 2 heterocycles. The molecule has 1 aliphatic rings. The van der Waals surface area contributed by atoms with Gasteiger partial charge in [-0.05, 0) is 51.0 Å². The summed E-state index contributed by atoms with van der Waals surface area (Å²) in [7, 11) is -3.46. The van der Waals surface area contributed by atoms with Gasteiger partial charge in [0.2, 0.25) is 15.9 Å². The van der Waals surface area contributed by atoms with Crippen LogP contribution in [-0.2, 0) is 21.4 Å². The Morgan fingerprint density at radius 3 is 2.15 bits per heavy atom. The van der Waals surface area contributed by atoms with Crippen LogP contribution in [0.5, 0.6) is 0 Å². The minimum atomic E-state index is -3.46. The highest BCUT2D eigenvalue weighted by Gasteiger charge is 2.26. The minimum absolute atomic E-state index is 0.0752. The van der Waals surface area contributed by atoms with Gasteiger partial charge in [-0.1, -0.05) is 0 Å². The number of hydrogen-bond donors (Lipinski definition) is 1. The Labute approximate surface area is 158 Å². The fraction of sp³-hybridized carbons (Fsp3) is 0.368. The lowest BCUT2D eigenvalue weighted by molar-refractivity contribution is -0.116. The third kappa shape index (κ3) is 4.28. The number of rotatable bonds is 5. The van der Waals surface area contributed by atoms with E-state index in [4.69, 9.17) is 0 Å². The van der Waals surface area contributed by atoms with Gasteiger partial charge in [-0.3, -0.25) is 9.59 Å². The average molecular weight is 389 g/mol. The van der Waals surface area contributed by atoms with Gasteiger partial charge in [-0.2, -0.15) is 4.31 Å². The third-order valence-corrected chi connectivity index (χ3v) is 6.61. The van der Waals surface area contributed by atoms with Crippen molar-refractivity contribution in [3.63, 3.8) is 0 Å². The molecular formula is C19H23N3O4S. The molecule has 27 heavy (non-hydrogen) atoms. The van der Waals surface area contributed by atoms with Crippen molar-refractivity contribution in [2.45, 2.75) is 38.1 Å². The van der Waals surface area contributed by atoms with Crippen molar-refractivity contribution in [3.05, 3.63) is 58.0 Å². The Kier molecular flexibility index (Phi) is 5.48. The summed E-state index contributed by atoms with van der Waals surface area (Å²) in [5.41, 5.74) is 1.86. The first-order valence-electron chi connectivity index (χ1n) is 8.85. The highest BCUT2D eigenvalue weighted by molar-refractivity contribution is 7.89. The fourth-order valence-corrected chi connectivity index (χ4v) is 4.79. The van der Waals surface area contributed by atoms with E-state index in [0.717, 1.165) is 12.8 Å². The summed E-state index contributed by atoms with van der Waals surface area (Å²) in [5.74, 6) is -0.250. The SMILES string of the molecule is Cc1cc(=O)cc(C)n1CC(=O)Nc1ccc(S(=O)(=O)N2CCCC2)cc1. The summed E-state index contributed by atoms with van der Waals surface area (Å²) < 4.78 is 28.3. The summed E-state index contributed by atoms with van der Waals surface area (Å²) in [5, 5.41) is 2.76. The molecule has 2 aromatic rings. The first-order chi connectivity index (χ1) is 12.8. The van der Waals surface area contributed by atoms with E-state index in [-0.39, 0.29) is 22.8 Å². The van der Waals surface area contributed by atoms with E-state index in [1.54, 1.807) is 30.5 Å². The summed E-state index contributed by atoms with van der Waals surface area (Å²) in [4.78, 5) is 24.0. The van der Waals surface area contributed by atoms with Crippen LogP contribution in [-0.4, -0.2) is 36.3 Å². The predicted octanol–water partition coefficient (Wildman–Crippen LogP) is 1.89. The van der Waals surface area contributed by atoms with Crippen LogP contribution in [0.15, 0.2) is 46.1 Å². The van der Waals surface area contributed by atoms with Crippen LogP contribution in [0, 0.1) is 13.8 Å². The number of anilines is 1. The summed E-state index contributed by atoms with van der Waals surface area (Å²) in [6.45, 7) is 4.74. The predicted molar refractivity (Wildman–Crippen MR) is 103 cm³/mol. The lowest BCUT2D eigenvalue weighted by Gasteiger charge is -2.16. The van der Waals surface area contributed by atoms with E-state index in [9.17, 15) is 18.0 Å². The lowest BCUT2D eigenvalue weighted by atomic mass is 10.2. The van der Waals surface area contributed by atoms with Gasteiger partial charge >= 0.3 is 0 Å². The van der Waals surface area contributed by atoms with Crippen molar-refractivity contribution >= 4 is 21.6 Å². The van der Waals surface area contributed by atoms with Crippen LogP contribution in [0.1, 0.15) is 24.2 Å². The van der Waals surface area contributed by atoms with Crippen molar-refractivity contribution in [2.24, 2.45) is 0 Å². The lowest BCUT2D eigenvalue weighted by Crippen LogP contribution is -2.27. The van der Waals surface area contributed by atoms with Crippen LogP contribution in [0.4, 0.5) is 5.69 Å². The van der Waals surface area contributed by atoms with Crippen molar-refractivity contribution < 1.29 is 13.2 Å². The number of benzene rings is 1. The zero-order valence-corrected chi connectivity index (χ0v) is 16.3. The Morgan fingerprint density at radius 1 is 1.04 bits per heavy atom. The molecule has 1 aliphatic heterocycles. The van der Waals surface area contributed by atoms with Gasteiger partial charge < -0.3 is 9.88 Å². The molecule has 1 amide bonds. The quantitative estimate of drug-likeness (QED) is 0.846. The molecule has 7 nitrogen and oxygen atoms in total. The normalized spacial score (nSPS) is 15.0. The number of sulfonamides is 1. The molecule has 1 aromatic carbocycles. The molecule has 1 N–H and O–H groups in total. The number of nitrogens with one attached hydrogen (secondary N) is 1. The second-order valence-corrected chi connectivity index (χ2v) is 8.68. The molecule has 1 saturated heterocycles. The summed E-state index contributed by atoms with van der Waals surface area (Å²) in [6, 6.07) is 9.17. The average Bonchev–Trinajstić information content (AvgIpc) is 3.14. The first kappa shape index (κ1) is 19.3. The topological polar surface area (TPSA) is 88.5 Å². The smallest absolute Gasteiger partial charge is 0.244 e. The maximum atomic E-state index is 12.5. The minimum Gasteiger partial charge on any atom is -0.340 e. The van der Waals surface area contributed by atoms with Crippen LogP contribution in [0.2, 0.25) is 0 Å².